The first-order valence-electron chi connectivity index (χ1n) is 10.3. The fourth-order valence-electron chi connectivity index (χ4n) is 4.86. The van der Waals surface area contributed by atoms with Crippen molar-refractivity contribution in [2.75, 3.05) is 19.0 Å². The molecule has 3 atom stereocenters. The molecule has 2 unspecified atom stereocenters. The summed E-state index contributed by atoms with van der Waals surface area (Å²) in [6.07, 6.45) is 0.233. The maximum Gasteiger partial charge on any atom is 0.277 e. The summed E-state index contributed by atoms with van der Waals surface area (Å²) in [4.78, 5) is 13.0. The van der Waals surface area contributed by atoms with Gasteiger partial charge in [0.05, 0.1) is 6.54 Å². The van der Waals surface area contributed by atoms with Crippen LogP contribution < -0.4 is 15.2 Å². The Kier molecular flexibility index (Phi) is 4.98. The number of ether oxygens (including phenoxy) is 2. The van der Waals surface area contributed by atoms with Crippen molar-refractivity contribution < 1.29 is 27.3 Å². The number of nitrogens with one attached hydrogen (secondary N) is 2. The molecule has 1 amide bonds. The highest BCUT2D eigenvalue weighted by Crippen LogP contribution is 2.42. The second-order valence-corrected chi connectivity index (χ2v) is 9.96. The summed E-state index contributed by atoms with van der Waals surface area (Å²) in [7, 11) is -2.36. The molecule has 32 heavy (non-hydrogen) atoms. The van der Waals surface area contributed by atoms with E-state index >= 15 is 0 Å². The minimum absolute atomic E-state index is 0.00635. The number of nitrogens with zero attached hydrogens (tertiary/aromatic N) is 2. The van der Waals surface area contributed by atoms with E-state index in [1.165, 1.54) is 11.8 Å². The van der Waals surface area contributed by atoms with Crippen molar-refractivity contribution >= 4 is 21.5 Å². The highest BCUT2D eigenvalue weighted by Gasteiger charge is 2.37. The highest BCUT2D eigenvalue weighted by atomic mass is 32.2. The van der Waals surface area contributed by atoms with Crippen LogP contribution in [0, 0.1) is 10.6 Å². The monoisotopic (exact) mass is 467 g/mol. The number of benzene rings is 1. The molecule has 2 aromatic rings. The van der Waals surface area contributed by atoms with Crippen molar-refractivity contribution in [1.82, 2.24) is 9.78 Å². The molecule has 9 nitrogen and oxygen atoms in total. The van der Waals surface area contributed by atoms with Crippen molar-refractivity contribution in [3.8, 4) is 5.88 Å². The van der Waals surface area contributed by atoms with E-state index in [1.807, 2.05) is 0 Å². The molecule has 2 aliphatic carbocycles. The first-order valence-corrected chi connectivity index (χ1v) is 11.9. The lowest BCUT2D eigenvalue weighted by Gasteiger charge is -2.23. The van der Waals surface area contributed by atoms with E-state index in [2.05, 4.69) is 10.4 Å². The Labute approximate surface area is 183 Å². The second kappa shape index (κ2) is 7.49. The summed E-state index contributed by atoms with van der Waals surface area (Å²) < 4.78 is 61.6. The first-order chi connectivity index (χ1) is 15.2. The molecule has 4 N–H and O–H groups in total. The van der Waals surface area contributed by atoms with Gasteiger partial charge in [0.1, 0.15) is 34.6 Å². The number of hydrogen-bond donors (Lipinski definition) is 3. The summed E-state index contributed by atoms with van der Waals surface area (Å²) >= 11 is 0. The second-order valence-electron chi connectivity index (χ2n) is 8.35. The Morgan fingerprint density at radius 1 is 1.31 bits per heavy atom. The van der Waals surface area contributed by atoms with Crippen molar-refractivity contribution in [2.24, 2.45) is 5.14 Å². The van der Waals surface area contributed by atoms with E-state index in [9.17, 15) is 17.8 Å². The van der Waals surface area contributed by atoms with Gasteiger partial charge < -0.3 is 14.8 Å². The van der Waals surface area contributed by atoms with Crippen molar-refractivity contribution in [1.29, 1.82) is 4.78 Å². The van der Waals surface area contributed by atoms with Gasteiger partial charge in [-0.15, -0.1) is 0 Å². The molecule has 0 bridgehead atoms. The fourth-order valence-corrected chi connectivity index (χ4v) is 5.71. The van der Waals surface area contributed by atoms with Crippen molar-refractivity contribution in [2.45, 2.75) is 55.8 Å². The number of anilines is 1. The normalized spacial score (nSPS) is 23.1. The summed E-state index contributed by atoms with van der Waals surface area (Å²) in [6, 6.07) is 0. The summed E-state index contributed by atoms with van der Waals surface area (Å²) in [5.41, 5.74) is 1.99. The quantitative estimate of drug-likeness (QED) is 0.632. The number of carbonyl (C=O) groups excluding carboxylic acids is 1. The van der Waals surface area contributed by atoms with Crippen LogP contribution in [0.1, 0.15) is 39.2 Å². The number of fused-ring (bicyclic) bond motifs is 3. The molecule has 1 aromatic heterocycles. The van der Waals surface area contributed by atoms with Gasteiger partial charge in [0.15, 0.2) is 10.6 Å². The molecular formula is C20H23F2N5O4S. The Hall–Kier alpha value is -2.57. The van der Waals surface area contributed by atoms with Crippen LogP contribution in [0.15, 0.2) is 4.90 Å². The number of carbonyl (C=O) groups is 1. The lowest BCUT2D eigenvalue weighted by molar-refractivity contribution is 0.0165. The van der Waals surface area contributed by atoms with Crippen LogP contribution in [0.2, 0.25) is 0 Å². The zero-order valence-corrected chi connectivity index (χ0v) is 18.2. The topological polar surface area (TPSA) is 132 Å². The minimum atomic E-state index is -3.86. The molecule has 0 saturated carbocycles. The van der Waals surface area contributed by atoms with Crippen LogP contribution in [-0.2, 0) is 46.9 Å². The van der Waals surface area contributed by atoms with Gasteiger partial charge in [0.2, 0.25) is 5.88 Å². The molecule has 1 aromatic carbocycles. The average molecular weight is 467 g/mol. The van der Waals surface area contributed by atoms with Crippen LogP contribution in [-0.4, -0.2) is 45.9 Å². The third-order valence-corrected chi connectivity index (χ3v) is 7.28. The van der Waals surface area contributed by atoms with Crippen molar-refractivity contribution in [3.05, 3.63) is 33.8 Å². The fraction of sp³-hybridized carbons (Fsp3) is 0.500. The summed E-state index contributed by atoms with van der Waals surface area (Å²) in [5, 5.41) is 12.6. The Morgan fingerprint density at radius 3 is 2.75 bits per heavy atom. The molecule has 0 radical (unpaired) electrons. The Balaban J connectivity index is 1.59. The van der Waals surface area contributed by atoms with Gasteiger partial charge in [-0.2, -0.15) is 5.10 Å². The molecular weight excluding hydrogens is 444 g/mol. The van der Waals surface area contributed by atoms with Crippen LogP contribution in [0.25, 0.3) is 0 Å². The number of nitrogens with two attached hydrogens (primary N) is 1. The van der Waals surface area contributed by atoms with Crippen LogP contribution in [0.3, 0.4) is 0 Å². The predicted octanol–water partition coefficient (Wildman–Crippen LogP) is 1.89. The smallest absolute Gasteiger partial charge is 0.277 e. The zero-order chi connectivity index (χ0) is 22.8. The molecule has 1 aliphatic heterocycles. The summed E-state index contributed by atoms with van der Waals surface area (Å²) in [6.45, 7) is 0.356. The molecule has 3 aliphatic rings. The van der Waals surface area contributed by atoms with E-state index < -0.39 is 22.0 Å². The maximum atomic E-state index is 14.9. The SMILES string of the molecule is COC1COc2c(S(=N)(N)=O)c(C(=O)Nc3c4c(c(F)c5c3C[C@@H](F)C5)CCC4)nn2C1. The molecule has 5 rings (SSSR count). The van der Waals surface area contributed by atoms with Gasteiger partial charge in [0.25, 0.3) is 5.91 Å². The number of amides is 1. The molecule has 0 spiro atoms. The third kappa shape index (κ3) is 3.28. The van der Waals surface area contributed by atoms with E-state index in [0.29, 0.717) is 40.8 Å². The lowest BCUT2D eigenvalue weighted by Crippen LogP contribution is -2.32. The minimum Gasteiger partial charge on any atom is -0.474 e. The number of alkyl halides is 1. The molecule has 12 heteroatoms. The predicted molar refractivity (Wildman–Crippen MR) is 111 cm³/mol. The van der Waals surface area contributed by atoms with E-state index in [1.54, 1.807) is 0 Å². The van der Waals surface area contributed by atoms with E-state index in [0.717, 1.165) is 6.42 Å². The Bertz CT molecular complexity index is 1240. The lowest BCUT2D eigenvalue weighted by atomic mass is 9.97. The standard InChI is InChI=1S/C20H23F2N5O4S/c1-30-10-7-27-20(31-8-10)18(32(23,24)29)17(26-27)19(28)25-16-12-4-2-3-11(12)15(22)13-5-9(21)6-14(13)16/h9-10H,2-8H2,1H3,(H,25,28)(H3,23,24,29)/t9-,10?/m0/s1. The highest BCUT2D eigenvalue weighted by molar-refractivity contribution is 7.90. The van der Waals surface area contributed by atoms with Gasteiger partial charge in [-0.05, 0) is 41.5 Å². The average Bonchev–Trinajstić information content (AvgIpc) is 3.45. The Morgan fingerprint density at radius 2 is 2.03 bits per heavy atom. The number of methoxy groups -OCH3 is 1. The van der Waals surface area contributed by atoms with Gasteiger partial charge in [-0.1, -0.05) is 0 Å². The van der Waals surface area contributed by atoms with E-state index in [-0.39, 0.29) is 54.4 Å². The molecule has 0 saturated heterocycles. The molecule has 2 heterocycles. The van der Waals surface area contributed by atoms with Gasteiger partial charge in [-0.3, -0.25) is 4.79 Å². The largest absolute Gasteiger partial charge is 0.474 e. The molecule has 0 fully saturated rings. The van der Waals surface area contributed by atoms with Crippen LogP contribution >= 0.6 is 0 Å². The third-order valence-electron chi connectivity index (χ3n) is 6.30. The van der Waals surface area contributed by atoms with Gasteiger partial charge in [-0.25, -0.2) is 27.6 Å². The number of aromatic nitrogens is 2. The van der Waals surface area contributed by atoms with Crippen LogP contribution in [0.5, 0.6) is 5.88 Å². The zero-order valence-electron chi connectivity index (χ0n) is 17.4. The number of hydrogen-bond acceptors (Lipinski definition) is 6. The first kappa shape index (κ1) is 21.3. The molecule has 172 valence electrons. The number of rotatable bonds is 4. The maximum absolute atomic E-state index is 14.9. The van der Waals surface area contributed by atoms with Crippen molar-refractivity contribution in [3.63, 3.8) is 0 Å². The van der Waals surface area contributed by atoms with Crippen LogP contribution in [0.4, 0.5) is 14.5 Å². The number of halogens is 2. The van der Waals surface area contributed by atoms with Gasteiger partial charge >= 0.3 is 0 Å². The van der Waals surface area contributed by atoms with Gasteiger partial charge in [0, 0.05) is 25.6 Å². The summed E-state index contributed by atoms with van der Waals surface area (Å²) in [5.74, 6) is -1.14. The van der Waals surface area contributed by atoms with E-state index in [4.69, 9.17) is 19.4 Å².